The van der Waals surface area contributed by atoms with Crippen LogP contribution < -0.4 is 15.6 Å². The van der Waals surface area contributed by atoms with Gasteiger partial charge in [-0.25, -0.2) is 4.39 Å². The van der Waals surface area contributed by atoms with Gasteiger partial charge in [0.15, 0.2) is 14.1 Å². The zero-order valence-corrected chi connectivity index (χ0v) is 21.8. The van der Waals surface area contributed by atoms with Gasteiger partial charge in [0, 0.05) is 13.0 Å². The Bertz CT molecular complexity index is 1040. The molecule has 0 saturated carbocycles. The minimum Gasteiger partial charge on any atom is -0.481 e. The molecule has 0 radical (unpaired) electrons. The second-order valence-electron chi connectivity index (χ2n) is 10.1. The SMILES string of the molecule is CCN1NN(c2ccc(C)c(CO[Si](C)(C)C(C)(C)C)c2)c2c1ccc(CCC(=O)O)c2F. The molecule has 2 N–H and O–H groups in total. The standard InChI is InChI=1S/C25H36FN3O3Si/c1-8-28-21-13-10-18(11-14-22(30)31)23(26)24(21)29(27-28)20-12-9-17(2)19(15-20)16-32-33(6,7)25(3,4)5/h9-10,12-13,15,27H,8,11,14,16H2,1-7H3,(H,30,31). The summed E-state index contributed by atoms with van der Waals surface area (Å²) in [6.45, 7) is 16.3. The van der Waals surface area contributed by atoms with Crippen LogP contribution in [-0.2, 0) is 22.2 Å². The molecule has 6 nitrogen and oxygen atoms in total. The average molecular weight is 474 g/mol. The third kappa shape index (κ3) is 5.23. The van der Waals surface area contributed by atoms with Crippen LogP contribution in [-0.4, -0.2) is 25.9 Å². The Morgan fingerprint density at radius 2 is 1.88 bits per heavy atom. The van der Waals surface area contributed by atoms with E-state index in [1.54, 1.807) is 11.1 Å². The van der Waals surface area contributed by atoms with Gasteiger partial charge in [0.1, 0.15) is 5.69 Å². The molecule has 1 aliphatic heterocycles. The summed E-state index contributed by atoms with van der Waals surface area (Å²) < 4.78 is 22.0. The first kappa shape index (κ1) is 25.2. The number of carbonyl (C=O) groups is 1. The monoisotopic (exact) mass is 473 g/mol. The molecule has 33 heavy (non-hydrogen) atoms. The number of anilines is 3. The van der Waals surface area contributed by atoms with Crippen LogP contribution in [0.25, 0.3) is 0 Å². The Hall–Kier alpha value is -2.42. The van der Waals surface area contributed by atoms with Crippen LogP contribution in [0.5, 0.6) is 0 Å². The summed E-state index contributed by atoms with van der Waals surface area (Å²) >= 11 is 0. The summed E-state index contributed by atoms with van der Waals surface area (Å²) in [5.74, 6) is -1.33. The smallest absolute Gasteiger partial charge is 0.303 e. The Kier molecular flexibility index (Phi) is 7.21. The summed E-state index contributed by atoms with van der Waals surface area (Å²) in [6, 6.07) is 9.56. The van der Waals surface area contributed by atoms with Crippen LogP contribution in [0.4, 0.5) is 21.5 Å². The van der Waals surface area contributed by atoms with Gasteiger partial charge in [0.05, 0.1) is 18.0 Å². The van der Waals surface area contributed by atoms with Crippen molar-refractivity contribution in [1.82, 2.24) is 5.53 Å². The molecule has 0 aliphatic carbocycles. The van der Waals surface area contributed by atoms with Gasteiger partial charge in [0.2, 0.25) is 0 Å². The van der Waals surface area contributed by atoms with E-state index in [2.05, 4.69) is 46.3 Å². The zero-order chi connectivity index (χ0) is 24.6. The van der Waals surface area contributed by atoms with Crippen molar-refractivity contribution < 1.29 is 18.7 Å². The van der Waals surface area contributed by atoms with Crippen LogP contribution in [0, 0.1) is 12.7 Å². The Morgan fingerprint density at radius 1 is 1.18 bits per heavy atom. The van der Waals surface area contributed by atoms with Gasteiger partial charge < -0.3 is 9.53 Å². The van der Waals surface area contributed by atoms with E-state index in [-0.39, 0.29) is 17.9 Å². The number of nitrogens with one attached hydrogen (secondary N) is 1. The predicted molar refractivity (Wildman–Crippen MR) is 134 cm³/mol. The number of hydrogen-bond acceptors (Lipinski definition) is 5. The molecule has 0 atom stereocenters. The van der Waals surface area contributed by atoms with E-state index in [4.69, 9.17) is 9.53 Å². The fraction of sp³-hybridized carbons (Fsp3) is 0.480. The third-order valence-electron chi connectivity index (χ3n) is 6.82. The minimum absolute atomic E-state index is 0.111. The van der Waals surface area contributed by atoms with Crippen LogP contribution in [0.2, 0.25) is 18.1 Å². The highest BCUT2D eigenvalue weighted by atomic mass is 28.4. The van der Waals surface area contributed by atoms with Crippen molar-refractivity contribution in [1.29, 1.82) is 0 Å². The number of hydrogen-bond donors (Lipinski definition) is 2. The van der Waals surface area contributed by atoms with Gasteiger partial charge in [0.25, 0.3) is 0 Å². The van der Waals surface area contributed by atoms with Gasteiger partial charge in [-0.05, 0) is 73.3 Å². The highest BCUT2D eigenvalue weighted by Gasteiger charge is 2.37. The first-order valence-electron chi connectivity index (χ1n) is 11.5. The fourth-order valence-electron chi connectivity index (χ4n) is 3.54. The first-order valence-corrected chi connectivity index (χ1v) is 14.4. The van der Waals surface area contributed by atoms with Gasteiger partial charge in [-0.2, -0.15) is 0 Å². The molecule has 0 amide bonds. The van der Waals surface area contributed by atoms with E-state index in [0.29, 0.717) is 24.4 Å². The van der Waals surface area contributed by atoms with Crippen molar-refractivity contribution in [3.05, 3.63) is 52.8 Å². The summed E-state index contributed by atoms with van der Waals surface area (Å²) in [5.41, 5.74) is 7.82. The molecule has 0 unspecified atom stereocenters. The number of rotatable bonds is 8. The lowest BCUT2D eigenvalue weighted by atomic mass is 10.1. The number of halogens is 1. The first-order chi connectivity index (χ1) is 15.4. The van der Waals surface area contributed by atoms with Crippen LogP contribution >= 0.6 is 0 Å². The van der Waals surface area contributed by atoms with E-state index in [9.17, 15) is 4.79 Å². The van der Waals surface area contributed by atoms with Gasteiger partial charge in [-0.15, -0.1) is 5.53 Å². The quantitative estimate of drug-likeness (QED) is 0.454. The van der Waals surface area contributed by atoms with Gasteiger partial charge in [-0.1, -0.05) is 32.9 Å². The molecule has 2 aromatic rings. The maximum absolute atomic E-state index is 15.6. The largest absolute Gasteiger partial charge is 0.481 e. The summed E-state index contributed by atoms with van der Waals surface area (Å²) in [4.78, 5) is 11.0. The van der Waals surface area contributed by atoms with E-state index in [1.807, 2.05) is 36.2 Å². The number of fused-ring (bicyclic) bond motifs is 1. The maximum Gasteiger partial charge on any atom is 0.303 e. The highest BCUT2D eigenvalue weighted by molar-refractivity contribution is 6.74. The molecule has 0 fully saturated rings. The van der Waals surface area contributed by atoms with Crippen molar-refractivity contribution in [2.24, 2.45) is 0 Å². The second-order valence-corrected chi connectivity index (χ2v) is 14.9. The van der Waals surface area contributed by atoms with E-state index in [0.717, 1.165) is 22.5 Å². The van der Waals surface area contributed by atoms with Crippen LogP contribution in [0.3, 0.4) is 0 Å². The molecule has 8 heteroatoms. The molecule has 0 bridgehead atoms. The Morgan fingerprint density at radius 3 is 2.48 bits per heavy atom. The number of nitrogens with zero attached hydrogens (tertiary/aromatic N) is 2. The average Bonchev–Trinajstić information content (AvgIpc) is 3.11. The second kappa shape index (κ2) is 9.44. The topological polar surface area (TPSA) is 65.0 Å². The lowest BCUT2D eigenvalue weighted by Crippen LogP contribution is -2.42. The third-order valence-corrected chi connectivity index (χ3v) is 11.3. The number of hydrazine groups is 2. The molecular formula is C25H36FN3O3Si. The maximum atomic E-state index is 15.6. The predicted octanol–water partition coefficient (Wildman–Crippen LogP) is 6.07. The summed E-state index contributed by atoms with van der Waals surface area (Å²) in [5, 5.41) is 12.8. The van der Waals surface area contributed by atoms with E-state index < -0.39 is 20.1 Å². The number of carboxylic acids is 1. The molecule has 0 spiro atoms. The number of carboxylic acid groups (broad SMARTS) is 1. The zero-order valence-electron chi connectivity index (χ0n) is 20.8. The van der Waals surface area contributed by atoms with Gasteiger partial charge in [-0.3, -0.25) is 14.8 Å². The van der Waals surface area contributed by atoms with Crippen molar-refractivity contribution >= 4 is 31.3 Å². The molecule has 3 rings (SSSR count). The van der Waals surface area contributed by atoms with E-state index >= 15 is 4.39 Å². The van der Waals surface area contributed by atoms with Crippen LogP contribution in [0.15, 0.2) is 30.3 Å². The highest BCUT2D eigenvalue weighted by Crippen LogP contribution is 2.42. The number of aryl methyl sites for hydroxylation is 2. The molecule has 1 heterocycles. The molecule has 0 saturated heterocycles. The van der Waals surface area contributed by atoms with Gasteiger partial charge >= 0.3 is 5.97 Å². The summed E-state index contributed by atoms with van der Waals surface area (Å²) in [6.07, 6.45) is 0.0357. The normalized spacial score (nSPS) is 14.1. The summed E-state index contributed by atoms with van der Waals surface area (Å²) in [7, 11) is -1.91. The molecular weight excluding hydrogens is 437 g/mol. The Labute approximate surface area is 197 Å². The number of aliphatic carboxylic acids is 1. The number of benzene rings is 2. The minimum atomic E-state index is -1.91. The lowest BCUT2D eigenvalue weighted by Gasteiger charge is -2.36. The van der Waals surface area contributed by atoms with Crippen molar-refractivity contribution in [2.75, 3.05) is 16.6 Å². The molecule has 0 aromatic heterocycles. The van der Waals surface area contributed by atoms with Crippen molar-refractivity contribution in [3.63, 3.8) is 0 Å². The van der Waals surface area contributed by atoms with Crippen molar-refractivity contribution in [2.45, 2.75) is 72.2 Å². The molecule has 180 valence electrons. The van der Waals surface area contributed by atoms with Crippen LogP contribution in [0.1, 0.15) is 50.8 Å². The lowest BCUT2D eigenvalue weighted by molar-refractivity contribution is -0.136. The molecule has 2 aromatic carbocycles. The van der Waals surface area contributed by atoms with Crippen molar-refractivity contribution in [3.8, 4) is 0 Å². The fourth-order valence-corrected chi connectivity index (χ4v) is 4.49. The molecule has 1 aliphatic rings. The Balaban J connectivity index is 1.95. The van der Waals surface area contributed by atoms with E-state index in [1.165, 1.54) is 0 Å².